The number of rotatable bonds is 6. The zero-order valence-electron chi connectivity index (χ0n) is 16.2. The van der Waals surface area contributed by atoms with Crippen LogP contribution in [0.4, 0.5) is 0 Å². The van der Waals surface area contributed by atoms with Gasteiger partial charge >= 0.3 is 17.9 Å². The first-order chi connectivity index (χ1) is 14.3. The number of esters is 3. The number of carbonyl (C=O) groups excluding carboxylic acids is 5. The van der Waals surface area contributed by atoms with E-state index in [0.29, 0.717) is 0 Å². The van der Waals surface area contributed by atoms with Crippen molar-refractivity contribution in [2.24, 2.45) is 0 Å². The SMILES string of the molecule is COC(=O)c1cc(OC(=O)CCN2C(=O)c3ccccc3C2=O)cc(C(=O)OC)c1. The second-order valence-corrected chi connectivity index (χ2v) is 6.26. The van der Waals surface area contributed by atoms with Crippen LogP contribution >= 0.6 is 0 Å². The number of fused-ring (bicyclic) bond motifs is 1. The molecule has 0 spiro atoms. The quantitative estimate of drug-likeness (QED) is 0.402. The van der Waals surface area contributed by atoms with Gasteiger partial charge in [0.05, 0.1) is 42.9 Å². The summed E-state index contributed by atoms with van der Waals surface area (Å²) in [5, 5.41) is 0. The van der Waals surface area contributed by atoms with Crippen LogP contribution in [0, 0.1) is 0 Å². The van der Waals surface area contributed by atoms with E-state index in [4.69, 9.17) is 4.74 Å². The van der Waals surface area contributed by atoms with Gasteiger partial charge in [0.15, 0.2) is 0 Å². The summed E-state index contributed by atoms with van der Waals surface area (Å²) in [5.41, 5.74) is 0.542. The van der Waals surface area contributed by atoms with Crippen molar-refractivity contribution in [1.82, 2.24) is 4.90 Å². The summed E-state index contributed by atoms with van der Waals surface area (Å²) < 4.78 is 14.4. The fraction of sp³-hybridized carbons (Fsp3) is 0.190. The Balaban J connectivity index is 1.71. The third kappa shape index (κ3) is 4.04. The van der Waals surface area contributed by atoms with Gasteiger partial charge in [0.2, 0.25) is 0 Å². The van der Waals surface area contributed by atoms with Crippen LogP contribution in [0.25, 0.3) is 0 Å². The second kappa shape index (κ2) is 8.56. The molecule has 3 rings (SSSR count). The second-order valence-electron chi connectivity index (χ2n) is 6.26. The Morgan fingerprint density at radius 1 is 0.833 bits per heavy atom. The molecule has 0 fully saturated rings. The van der Waals surface area contributed by atoms with E-state index in [0.717, 1.165) is 4.90 Å². The molecule has 0 saturated heterocycles. The molecular weight excluding hydrogens is 394 g/mol. The van der Waals surface area contributed by atoms with Crippen molar-refractivity contribution in [3.05, 3.63) is 64.7 Å². The predicted octanol–water partition coefficient (Wildman–Crippen LogP) is 1.85. The van der Waals surface area contributed by atoms with Crippen LogP contribution in [0.3, 0.4) is 0 Å². The van der Waals surface area contributed by atoms with Crippen LogP contribution in [0.2, 0.25) is 0 Å². The Hall–Kier alpha value is -4.01. The van der Waals surface area contributed by atoms with Crippen molar-refractivity contribution in [1.29, 1.82) is 0 Å². The molecule has 1 heterocycles. The van der Waals surface area contributed by atoms with Gasteiger partial charge in [0, 0.05) is 6.54 Å². The van der Waals surface area contributed by atoms with Gasteiger partial charge < -0.3 is 14.2 Å². The van der Waals surface area contributed by atoms with Crippen molar-refractivity contribution in [3.63, 3.8) is 0 Å². The summed E-state index contributed by atoms with van der Waals surface area (Å²) in [5.74, 6) is -3.27. The van der Waals surface area contributed by atoms with E-state index < -0.39 is 29.7 Å². The molecule has 2 aromatic rings. The summed E-state index contributed by atoms with van der Waals surface area (Å²) >= 11 is 0. The molecule has 2 amide bonds. The highest BCUT2D eigenvalue weighted by molar-refractivity contribution is 6.21. The maximum absolute atomic E-state index is 12.3. The van der Waals surface area contributed by atoms with Gasteiger partial charge in [-0.05, 0) is 30.3 Å². The summed E-state index contributed by atoms with van der Waals surface area (Å²) in [7, 11) is 2.34. The van der Waals surface area contributed by atoms with E-state index in [1.54, 1.807) is 24.3 Å². The van der Waals surface area contributed by atoms with Crippen LogP contribution in [-0.4, -0.2) is 55.4 Å². The van der Waals surface area contributed by atoms with Crippen molar-refractivity contribution >= 4 is 29.7 Å². The topological polar surface area (TPSA) is 116 Å². The predicted molar refractivity (Wildman–Crippen MR) is 101 cm³/mol. The normalized spacial score (nSPS) is 12.4. The summed E-state index contributed by atoms with van der Waals surface area (Å²) in [6.45, 7) is -0.175. The molecule has 0 radical (unpaired) electrons. The van der Waals surface area contributed by atoms with Crippen molar-refractivity contribution < 1.29 is 38.2 Å². The largest absolute Gasteiger partial charge is 0.465 e. The lowest BCUT2D eigenvalue weighted by Crippen LogP contribution is -2.32. The smallest absolute Gasteiger partial charge is 0.338 e. The lowest BCUT2D eigenvalue weighted by atomic mass is 10.1. The number of methoxy groups -OCH3 is 2. The van der Waals surface area contributed by atoms with Crippen molar-refractivity contribution in [2.75, 3.05) is 20.8 Å². The first-order valence-corrected chi connectivity index (χ1v) is 8.83. The van der Waals surface area contributed by atoms with Gasteiger partial charge in [-0.25, -0.2) is 9.59 Å². The average Bonchev–Trinajstić information content (AvgIpc) is 3.00. The van der Waals surface area contributed by atoms with Gasteiger partial charge in [0.25, 0.3) is 11.8 Å². The van der Waals surface area contributed by atoms with Gasteiger partial charge in [-0.2, -0.15) is 0 Å². The fourth-order valence-corrected chi connectivity index (χ4v) is 2.96. The number of ether oxygens (including phenoxy) is 3. The molecule has 0 atom stereocenters. The highest BCUT2D eigenvalue weighted by Gasteiger charge is 2.35. The van der Waals surface area contributed by atoms with Crippen LogP contribution < -0.4 is 4.74 Å². The van der Waals surface area contributed by atoms with E-state index in [-0.39, 0.29) is 41.0 Å². The molecule has 1 aliphatic rings. The summed E-state index contributed by atoms with van der Waals surface area (Å²) in [4.78, 5) is 61.5. The van der Waals surface area contributed by atoms with E-state index in [2.05, 4.69) is 9.47 Å². The van der Waals surface area contributed by atoms with E-state index >= 15 is 0 Å². The first kappa shape index (κ1) is 20.7. The Kier molecular flexibility index (Phi) is 5.91. The highest BCUT2D eigenvalue weighted by atomic mass is 16.5. The third-order valence-electron chi connectivity index (χ3n) is 4.40. The maximum atomic E-state index is 12.3. The minimum Gasteiger partial charge on any atom is -0.465 e. The molecule has 9 nitrogen and oxygen atoms in total. The zero-order chi connectivity index (χ0) is 21.8. The number of amides is 2. The minimum atomic E-state index is -0.760. The van der Waals surface area contributed by atoms with Crippen LogP contribution in [0.1, 0.15) is 47.9 Å². The minimum absolute atomic E-state index is 0.0106. The molecule has 0 bridgehead atoms. The standard InChI is InChI=1S/C21H17NO8/c1-28-20(26)12-9-13(21(27)29-2)11-14(10-12)30-17(23)7-8-22-18(24)15-5-3-4-6-16(15)19(22)25/h3-6,9-11H,7-8H2,1-2H3. The van der Waals surface area contributed by atoms with Crippen LogP contribution in [0.5, 0.6) is 5.75 Å². The molecular formula is C21H17NO8. The molecule has 0 unspecified atom stereocenters. The molecule has 0 saturated carbocycles. The number of carbonyl (C=O) groups is 5. The van der Waals surface area contributed by atoms with Crippen molar-refractivity contribution in [3.8, 4) is 5.75 Å². The van der Waals surface area contributed by atoms with Crippen LogP contribution in [0.15, 0.2) is 42.5 Å². The number of hydrogen-bond acceptors (Lipinski definition) is 8. The van der Waals surface area contributed by atoms with Gasteiger partial charge in [0.1, 0.15) is 5.75 Å². The van der Waals surface area contributed by atoms with E-state index in [1.807, 2.05) is 0 Å². The molecule has 2 aromatic carbocycles. The molecule has 30 heavy (non-hydrogen) atoms. The number of nitrogens with zero attached hydrogens (tertiary/aromatic N) is 1. The van der Waals surface area contributed by atoms with E-state index in [9.17, 15) is 24.0 Å². The molecule has 0 aliphatic carbocycles. The van der Waals surface area contributed by atoms with Gasteiger partial charge in [-0.1, -0.05) is 12.1 Å². The Bertz CT molecular complexity index is 989. The first-order valence-electron chi connectivity index (χ1n) is 8.83. The Morgan fingerprint density at radius 2 is 1.33 bits per heavy atom. The molecule has 154 valence electrons. The highest BCUT2D eigenvalue weighted by Crippen LogP contribution is 2.23. The Morgan fingerprint density at radius 3 is 1.80 bits per heavy atom. The molecule has 0 N–H and O–H groups in total. The summed E-state index contributed by atoms with van der Waals surface area (Å²) in [6.07, 6.45) is -0.276. The molecule has 1 aliphatic heterocycles. The molecule has 9 heteroatoms. The van der Waals surface area contributed by atoms with Crippen molar-refractivity contribution in [2.45, 2.75) is 6.42 Å². The third-order valence-corrected chi connectivity index (χ3v) is 4.40. The Labute approximate surface area is 171 Å². The fourth-order valence-electron chi connectivity index (χ4n) is 2.96. The van der Waals surface area contributed by atoms with Gasteiger partial charge in [-0.3, -0.25) is 19.3 Å². The zero-order valence-corrected chi connectivity index (χ0v) is 16.2. The number of imide groups is 1. The number of hydrogen-bond donors (Lipinski definition) is 0. The maximum Gasteiger partial charge on any atom is 0.338 e. The van der Waals surface area contributed by atoms with E-state index in [1.165, 1.54) is 32.4 Å². The molecule has 0 aromatic heterocycles. The lowest BCUT2D eigenvalue weighted by molar-refractivity contribution is -0.134. The average molecular weight is 411 g/mol. The monoisotopic (exact) mass is 411 g/mol. The lowest BCUT2D eigenvalue weighted by Gasteiger charge is -2.13. The van der Waals surface area contributed by atoms with Gasteiger partial charge in [-0.15, -0.1) is 0 Å². The van der Waals surface area contributed by atoms with Crippen LogP contribution in [-0.2, 0) is 14.3 Å². The summed E-state index contributed by atoms with van der Waals surface area (Å²) in [6, 6.07) is 10.1. The number of benzene rings is 2.